The summed E-state index contributed by atoms with van der Waals surface area (Å²) >= 11 is 0. The Hall–Kier alpha value is -3.96. The molecule has 2 aromatic carbocycles. The summed E-state index contributed by atoms with van der Waals surface area (Å²) in [5, 5.41) is 10.4. The van der Waals surface area contributed by atoms with Crippen molar-refractivity contribution in [2.24, 2.45) is 7.05 Å². The molecule has 1 fully saturated rings. The topological polar surface area (TPSA) is 78.3 Å². The maximum absolute atomic E-state index is 13.9. The molecule has 1 aliphatic rings. The molecular formula is C28H30F3N7O. The molecule has 1 unspecified atom stereocenters. The lowest BCUT2D eigenvalue weighted by Crippen LogP contribution is -2.31. The molecule has 204 valence electrons. The monoisotopic (exact) mass is 537 g/mol. The number of amides is 2. The van der Waals surface area contributed by atoms with Crippen molar-refractivity contribution in [2.45, 2.75) is 25.2 Å². The number of hydrogen-bond donors (Lipinski definition) is 2. The third kappa shape index (κ3) is 5.89. The van der Waals surface area contributed by atoms with Gasteiger partial charge in [-0.15, -0.1) is 0 Å². The Bertz CT molecular complexity index is 1480. The number of likely N-dealkylation sites (N-methyl/N-ethyl adjacent to an activating group) is 1. The van der Waals surface area contributed by atoms with Crippen molar-refractivity contribution in [3.8, 4) is 11.1 Å². The van der Waals surface area contributed by atoms with E-state index in [1.165, 1.54) is 12.1 Å². The molecule has 0 spiro atoms. The summed E-state index contributed by atoms with van der Waals surface area (Å²) in [5.41, 5.74) is 2.73. The summed E-state index contributed by atoms with van der Waals surface area (Å²) in [6.45, 7) is 1.68. The number of carbonyl (C=O) groups excluding carboxylic acids is 1. The van der Waals surface area contributed by atoms with Crippen LogP contribution in [-0.2, 0) is 19.8 Å². The first kappa shape index (κ1) is 26.6. The van der Waals surface area contributed by atoms with Gasteiger partial charge in [-0.2, -0.15) is 18.3 Å². The fraction of sp³-hybridized carbons (Fsp3) is 0.321. The van der Waals surface area contributed by atoms with Gasteiger partial charge in [-0.1, -0.05) is 18.2 Å². The van der Waals surface area contributed by atoms with Gasteiger partial charge in [0.15, 0.2) is 0 Å². The van der Waals surface area contributed by atoms with Crippen LogP contribution < -0.4 is 10.6 Å². The Morgan fingerprint density at radius 3 is 2.46 bits per heavy atom. The number of rotatable bonds is 6. The molecule has 1 atom stereocenters. The van der Waals surface area contributed by atoms with E-state index in [0.29, 0.717) is 11.7 Å². The largest absolute Gasteiger partial charge is 0.416 e. The van der Waals surface area contributed by atoms with Crippen LogP contribution in [0.4, 0.5) is 29.3 Å². The van der Waals surface area contributed by atoms with Gasteiger partial charge in [-0.05, 0) is 55.9 Å². The standard InChI is InChI=1S/C28H30F3N7O/c1-36(2)22-10-11-38(17-22)16-19-6-9-21(12-25(19)28(29,30)31)35-27(39)34-20-7-4-18(5-8-20)23-13-32-15-26-24(23)14-33-37(26)3/h4-9,12-15,22H,10-11,16-17H2,1-3H3,(H2,34,35,39). The van der Waals surface area contributed by atoms with Crippen molar-refractivity contribution in [3.05, 3.63) is 72.2 Å². The number of aryl methyl sites for hydroxylation is 1. The molecular weight excluding hydrogens is 507 g/mol. The van der Waals surface area contributed by atoms with E-state index >= 15 is 0 Å². The second-order valence-corrected chi connectivity index (χ2v) is 10.1. The predicted octanol–water partition coefficient (Wildman–Crippen LogP) is 5.43. The van der Waals surface area contributed by atoms with Gasteiger partial charge >= 0.3 is 12.2 Å². The molecule has 5 rings (SSSR count). The normalized spacial score (nSPS) is 16.2. The summed E-state index contributed by atoms with van der Waals surface area (Å²) < 4.78 is 43.5. The van der Waals surface area contributed by atoms with Crippen LogP contribution in [0, 0.1) is 0 Å². The van der Waals surface area contributed by atoms with Crippen LogP contribution in [-0.4, -0.2) is 63.8 Å². The number of hydrogen-bond acceptors (Lipinski definition) is 5. The minimum absolute atomic E-state index is 0.0714. The van der Waals surface area contributed by atoms with Crippen molar-refractivity contribution in [2.75, 3.05) is 37.8 Å². The smallest absolute Gasteiger partial charge is 0.308 e. The Balaban J connectivity index is 1.26. The summed E-state index contributed by atoms with van der Waals surface area (Å²) in [5.74, 6) is 0. The Morgan fingerprint density at radius 2 is 1.77 bits per heavy atom. The molecule has 3 heterocycles. The molecule has 1 aliphatic heterocycles. The lowest BCUT2D eigenvalue weighted by atomic mass is 10.0. The van der Waals surface area contributed by atoms with Crippen LogP contribution in [0.25, 0.3) is 22.0 Å². The number of anilines is 2. The van der Waals surface area contributed by atoms with Gasteiger partial charge in [0.2, 0.25) is 0 Å². The SMILES string of the molecule is CN(C)C1CCN(Cc2ccc(NC(=O)Nc3ccc(-c4cncc5c4cnn5C)cc3)cc2C(F)(F)F)C1. The van der Waals surface area contributed by atoms with Crippen LogP contribution in [0.3, 0.4) is 0 Å². The number of alkyl halides is 3. The van der Waals surface area contributed by atoms with Crippen molar-refractivity contribution in [1.29, 1.82) is 0 Å². The van der Waals surface area contributed by atoms with Crippen molar-refractivity contribution < 1.29 is 18.0 Å². The number of nitrogens with one attached hydrogen (secondary N) is 2. The van der Waals surface area contributed by atoms with Crippen LogP contribution in [0.1, 0.15) is 17.5 Å². The highest BCUT2D eigenvalue weighted by Crippen LogP contribution is 2.35. The summed E-state index contributed by atoms with van der Waals surface area (Å²) in [6.07, 6.45) is 1.66. The lowest BCUT2D eigenvalue weighted by molar-refractivity contribution is -0.138. The summed E-state index contributed by atoms with van der Waals surface area (Å²) in [7, 11) is 5.81. The van der Waals surface area contributed by atoms with E-state index in [4.69, 9.17) is 0 Å². The number of pyridine rings is 1. The van der Waals surface area contributed by atoms with Gasteiger partial charge in [0.05, 0.1) is 23.5 Å². The van der Waals surface area contributed by atoms with Crippen LogP contribution in [0.5, 0.6) is 0 Å². The lowest BCUT2D eigenvalue weighted by Gasteiger charge is -2.22. The number of nitrogens with zero attached hydrogens (tertiary/aromatic N) is 5. The van der Waals surface area contributed by atoms with Gasteiger partial charge in [0.1, 0.15) is 0 Å². The molecule has 0 aliphatic carbocycles. The third-order valence-corrected chi connectivity index (χ3v) is 7.17. The highest BCUT2D eigenvalue weighted by molar-refractivity contribution is 6.00. The first-order chi connectivity index (χ1) is 18.6. The fourth-order valence-corrected chi connectivity index (χ4v) is 4.99. The van der Waals surface area contributed by atoms with Crippen molar-refractivity contribution >= 4 is 28.3 Å². The number of likely N-dealkylation sites (tertiary alicyclic amines) is 1. The van der Waals surface area contributed by atoms with Crippen LogP contribution in [0.15, 0.2) is 61.1 Å². The minimum Gasteiger partial charge on any atom is -0.308 e. The van der Waals surface area contributed by atoms with E-state index in [-0.39, 0.29) is 17.8 Å². The van der Waals surface area contributed by atoms with Crippen molar-refractivity contribution in [3.63, 3.8) is 0 Å². The third-order valence-electron chi connectivity index (χ3n) is 7.17. The van der Waals surface area contributed by atoms with E-state index in [2.05, 4.69) is 25.6 Å². The Kier molecular flexibility index (Phi) is 7.28. The molecule has 0 radical (unpaired) electrons. The number of urea groups is 1. The van der Waals surface area contributed by atoms with Crippen molar-refractivity contribution in [1.82, 2.24) is 24.6 Å². The Labute approximate surface area is 224 Å². The summed E-state index contributed by atoms with van der Waals surface area (Å²) in [6, 6.07) is 10.8. The molecule has 2 aromatic heterocycles. The molecule has 39 heavy (non-hydrogen) atoms. The fourth-order valence-electron chi connectivity index (χ4n) is 4.99. The molecule has 11 heteroatoms. The average Bonchev–Trinajstić information content (AvgIpc) is 3.52. The average molecular weight is 538 g/mol. The molecule has 8 nitrogen and oxygen atoms in total. The number of aromatic nitrogens is 3. The second-order valence-electron chi connectivity index (χ2n) is 10.1. The van der Waals surface area contributed by atoms with Gasteiger partial charge in [0.25, 0.3) is 0 Å². The van der Waals surface area contributed by atoms with Gasteiger partial charge in [0, 0.05) is 61.2 Å². The Morgan fingerprint density at radius 1 is 1.05 bits per heavy atom. The van der Waals surface area contributed by atoms with E-state index in [9.17, 15) is 18.0 Å². The van der Waals surface area contributed by atoms with E-state index in [1.807, 2.05) is 38.2 Å². The quantitative estimate of drug-likeness (QED) is 0.343. The maximum atomic E-state index is 13.9. The van der Waals surface area contributed by atoms with Gasteiger partial charge in [-0.25, -0.2) is 4.79 Å². The number of fused-ring (bicyclic) bond motifs is 1. The van der Waals surface area contributed by atoms with Crippen LogP contribution >= 0.6 is 0 Å². The number of carbonyl (C=O) groups is 1. The molecule has 2 amide bonds. The van der Waals surface area contributed by atoms with Gasteiger partial charge < -0.3 is 15.5 Å². The molecule has 0 bridgehead atoms. The zero-order valence-electron chi connectivity index (χ0n) is 22.0. The van der Waals surface area contributed by atoms with E-state index < -0.39 is 17.8 Å². The van der Waals surface area contributed by atoms with E-state index in [0.717, 1.165) is 47.6 Å². The molecule has 1 saturated heterocycles. The first-order valence-electron chi connectivity index (χ1n) is 12.6. The zero-order chi connectivity index (χ0) is 27.7. The highest BCUT2D eigenvalue weighted by Gasteiger charge is 2.35. The zero-order valence-corrected chi connectivity index (χ0v) is 22.0. The summed E-state index contributed by atoms with van der Waals surface area (Å²) in [4.78, 5) is 21.0. The highest BCUT2D eigenvalue weighted by atomic mass is 19.4. The molecule has 4 aromatic rings. The number of halogens is 3. The molecule has 2 N–H and O–H groups in total. The predicted molar refractivity (Wildman–Crippen MR) is 145 cm³/mol. The maximum Gasteiger partial charge on any atom is 0.416 e. The second kappa shape index (κ2) is 10.7. The van der Waals surface area contributed by atoms with Crippen LogP contribution in [0.2, 0.25) is 0 Å². The first-order valence-corrected chi connectivity index (χ1v) is 12.6. The minimum atomic E-state index is -4.54. The number of benzene rings is 2. The molecule has 0 saturated carbocycles. The van der Waals surface area contributed by atoms with E-state index in [1.54, 1.807) is 35.4 Å². The van der Waals surface area contributed by atoms with Gasteiger partial charge in [-0.3, -0.25) is 14.6 Å².